The second kappa shape index (κ2) is 8.22. The Kier molecular flexibility index (Phi) is 5.76. The Labute approximate surface area is 162 Å². The van der Waals surface area contributed by atoms with E-state index in [1.165, 1.54) is 4.68 Å². The molecule has 0 atom stereocenters. The summed E-state index contributed by atoms with van der Waals surface area (Å²) in [5.41, 5.74) is 3.82. The van der Waals surface area contributed by atoms with Crippen molar-refractivity contribution < 1.29 is 4.79 Å². The molecule has 0 saturated heterocycles. The SMILES string of the molecule is CCN(CC)c1nc2ccccc2c(=O)n1NC(=O)Cc1ccc(Cl)cc1. The van der Waals surface area contributed by atoms with Gasteiger partial charge in [-0.1, -0.05) is 35.9 Å². The summed E-state index contributed by atoms with van der Waals surface area (Å²) in [6.07, 6.45) is 0.133. The normalized spacial score (nSPS) is 10.8. The molecule has 0 aliphatic heterocycles. The van der Waals surface area contributed by atoms with Crippen LogP contribution in [-0.4, -0.2) is 28.7 Å². The van der Waals surface area contributed by atoms with Gasteiger partial charge in [-0.2, -0.15) is 4.68 Å². The van der Waals surface area contributed by atoms with Crippen LogP contribution in [0.2, 0.25) is 5.02 Å². The highest BCUT2D eigenvalue weighted by atomic mass is 35.5. The zero-order valence-electron chi connectivity index (χ0n) is 15.3. The third kappa shape index (κ3) is 4.11. The number of aromatic nitrogens is 2. The van der Waals surface area contributed by atoms with E-state index >= 15 is 0 Å². The molecule has 0 spiro atoms. The topological polar surface area (TPSA) is 67.2 Å². The van der Waals surface area contributed by atoms with Gasteiger partial charge in [-0.3, -0.25) is 15.0 Å². The van der Waals surface area contributed by atoms with Crippen molar-refractivity contribution >= 4 is 34.4 Å². The van der Waals surface area contributed by atoms with Crippen LogP contribution in [0.5, 0.6) is 0 Å². The summed E-state index contributed by atoms with van der Waals surface area (Å²) < 4.78 is 1.24. The van der Waals surface area contributed by atoms with Gasteiger partial charge in [0.05, 0.1) is 17.3 Å². The molecule has 0 aliphatic carbocycles. The minimum Gasteiger partial charge on any atom is -0.341 e. The molecule has 7 heteroatoms. The molecule has 0 fully saturated rings. The molecule has 3 rings (SSSR count). The lowest BCUT2D eigenvalue weighted by Gasteiger charge is -2.24. The van der Waals surface area contributed by atoms with Crippen molar-refractivity contribution in [2.24, 2.45) is 0 Å². The van der Waals surface area contributed by atoms with Crippen molar-refractivity contribution in [1.82, 2.24) is 9.66 Å². The number of hydrogen-bond acceptors (Lipinski definition) is 4. The molecule has 2 aromatic carbocycles. The standard InChI is InChI=1S/C20H21ClN4O2/c1-3-24(4-2)20-22-17-8-6-5-7-16(17)19(27)25(20)23-18(26)13-14-9-11-15(21)12-10-14/h5-12H,3-4,13H2,1-2H3,(H,23,26). The molecule has 1 amide bonds. The molecule has 0 aliphatic rings. The van der Waals surface area contributed by atoms with E-state index in [4.69, 9.17) is 11.6 Å². The van der Waals surface area contributed by atoms with E-state index in [0.29, 0.717) is 35.0 Å². The van der Waals surface area contributed by atoms with Crippen LogP contribution in [0.1, 0.15) is 19.4 Å². The molecule has 1 heterocycles. The molecular formula is C20H21ClN4O2. The number of rotatable bonds is 6. The van der Waals surface area contributed by atoms with E-state index in [1.807, 2.05) is 24.8 Å². The summed E-state index contributed by atoms with van der Waals surface area (Å²) in [4.78, 5) is 32.1. The van der Waals surface area contributed by atoms with Gasteiger partial charge >= 0.3 is 0 Å². The lowest BCUT2D eigenvalue weighted by molar-refractivity contribution is -0.116. The van der Waals surface area contributed by atoms with Gasteiger partial charge < -0.3 is 4.90 Å². The molecule has 27 heavy (non-hydrogen) atoms. The molecule has 3 aromatic rings. The number of halogens is 1. The smallest absolute Gasteiger partial charge is 0.281 e. The van der Waals surface area contributed by atoms with Gasteiger partial charge in [-0.25, -0.2) is 4.98 Å². The van der Waals surface area contributed by atoms with Gasteiger partial charge in [0.15, 0.2) is 0 Å². The lowest BCUT2D eigenvalue weighted by Crippen LogP contribution is -2.40. The predicted molar refractivity (Wildman–Crippen MR) is 109 cm³/mol. The average molecular weight is 385 g/mol. The quantitative estimate of drug-likeness (QED) is 0.708. The predicted octanol–water partition coefficient (Wildman–Crippen LogP) is 3.21. The lowest BCUT2D eigenvalue weighted by atomic mass is 10.1. The van der Waals surface area contributed by atoms with Gasteiger partial charge in [0.1, 0.15) is 0 Å². The van der Waals surface area contributed by atoms with Crippen LogP contribution < -0.4 is 15.9 Å². The Morgan fingerprint density at radius 1 is 1.11 bits per heavy atom. The zero-order chi connectivity index (χ0) is 19.4. The number of nitrogens with one attached hydrogen (secondary N) is 1. The van der Waals surface area contributed by atoms with Crippen LogP contribution in [0.25, 0.3) is 10.9 Å². The second-order valence-electron chi connectivity index (χ2n) is 6.08. The van der Waals surface area contributed by atoms with Gasteiger partial charge in [-0.05, 0) is 43.7 Å². The maximum Gasteiger partial charge on any atom is 0.281 e. The van der Waals surface area contributed by atoms with Gasteiger partial charge in [0.2, 0.25) is 11.9 Å². The van der Waals surface area contributed by atoms with Gasteiger partial charge in [-0.15, -0.1) is 0 Å². The van der Waals surface area contributed by atoms with Crippen LogP contribution in [0, 0.1) is 0 Å². The summed E-state index contributed by atoms with van der Waals surface area (Å²) >= 11 is 5.88. The fourth-order valence-electron chi connectivity index (χ4n) is 2.89. The molecule has 140 valence electrons. The number of nitrogens with zero attached hydrogens (tertiary/aromatic N) is 3. The largest absolute Gasteiger partial charge is 0.341 e. The van der Waals surface area contributed by atoms with E-state index in [-0.39, 0.29) is 17.9 Å². The summed E-state index contributed by atoms with van der Waals surface area (Å²) in [6.45, 7) is 5.28. The number of para-hydroxylation sites is 1. The summed E-state index contributed by atoms with van der Waals surface area (Å²) in [5, 5.41) is 1.07. The van der Waals surface area contributed by atoms with Crippen LogP contribution in [0.3, 0.4) is 0 Å². The van der Waals surface area contributed by atoms with E-state index in [1.54, 1.807) is 42.5 Å². The zero-order valence-corrected chi connectivity index (χ0v) is 16.0. The van der Waals surface area contributed by atoms with E-state index in [2.05, 4.69) is 10.4 Å². The number of fused-ring (bicyclic) bond motifs is 1. The summed E-state index contributed by atoms with van der Waals surface area (Å²) in [6, 6.07) is 14.2. The monoisotopic (exact) mass is 384 g/mol. The van der Waals surface area contributed by atoms with Crippen molar-refractivity contribution in [3.05, 3.63) is 69.5 Å². The first kappa shape index (κ1) is 18.9. The van der Waals surface area contributed by atoms with Crippen molar-refractivity contribution in [2.45, 2.75) is 20.3 Å². The van der Waals surface area contributed by atoms with Gasteiger partial charge in [0, 0.05) is 18.1 Å². The number of benzene rings is 2. The number of carbonyl (C=O) groups excluding carboxylic acids is 1. The van der Waals surface area contributed by atoms with Crippen LogP contribution in [0.15, 0.2) is 53.3 Å². The highest BCUT2D eigenvalue weighted by Gasteiger charge is 2.17. The molecule has 6 nitrogen and oxygen atoms in total. The molecule has 1 N–H and O–H groups in total. The van der Waals surface area contributed by atoms with E-state index in [9.17, 15) is 9.59 Å². The molecular weight excluding hydrogens is 364 g/mol. The minimum absolute atomic E-state index is 0.133. The van der Waals surface area contributed by atoms with Crippen LogP contribution >= 0.6 is 11.6 Å². The first-order valence-corrected chi connectivity index (χ1v) is 9.22. The Balaban J connectivity index is 1.99. The van der Waals surface area contributed by atoms with Gasteiger partial charge in [0.25, 0.3) is 5.56 Å². The van der Waals surface area contributed by atoms with E-state index in [0.717, 1.165) is 5.56 Å². The second-order valence-corrected chi connectivity index (χ2v) is 6.52. The number of amides is 1. The van der Waals surface area contributed by atoms with Crippen molar-refractivity contribution in [1.29, 1.82) is 0 Å². The van der Waals surface area contributed by atoms with Crippen LogP contribution in [0.4, 0.5) is 5.95 Å². The Bertz CT molecular complexity index is 1010. The first-order chi connectivity index (χ1) is 13.0. The maximum absolute atomic E-state index is 13.0. The fourth-order valence-corrected chi connectivity index (χ4v) is 3.02. The van der Waals surface area contributed by atoms with E-state index < -0.39 is 0 Å². The number of carbonyl (C=O) groups is 1. The Morgan fingerprint density at radius 2 is 1.78 bits per heavy atom. The van der Waals surface area contributed by atoms with Crippen molar-refractivity contribution in [2.75, 3.05) is 23.4 Å². The minimum atomic E-state index is -0.301. The molecule has 0 unspecified atom stereocenters. The molecule has 1 aromatic heterocycles. The highest BCUT2D eigenvalue weighted by molar-refractivity contribution is 6.30. The third-order valence-electron chi connectivity index (χ3n) is 4.32. The van der Waals surface area contributed by atoms with Crippen molar-refractivity contribution in [3.63, 3.8) is 0 Å². The maximum atomic E-state index is 13.0. The van der Waals surface area contributed by atoms with Crippen molar-refractivity contribution in [3.8, 4) is 0 Å². The summed E-state index contributed by atoms with van der Waals surface area (Å²) in [7, 11) is 0. The molecule has 0 bridgehead atoms. The Morgan fingerprint density at radius 3 is 2.44 bits per heavy atom. The fraction of sp³-hybridized carbons (Fsp3) is 0.250. The average Bonchev–Trinajstić information content (AvgIpc) is 2.67. The molecule has 0 saturated carbocycles. The highest BCUT2D eigenvalue weighted by Crippen LogP contribution is 2.14. The Hall–Kier alpha value is -2.86. The summed E-state index contributed by atoms with van der Waals surface area (Å²) in [5.74, 6) is 0.123. The third-order valence-corrected chi connectivity index (χ3v) is 4.57. The molecule has 0 radical (unpaired) electrons. The first-order valence-electron chi connectivity index (χ1n) is 8.84. The number of hydrogen-bond donors (Lipinski definition) is 1. The number of anilines is 1. The van der Waals surface area contributed by atoms with Crippen LogP contribution in [-0.2, 0) is 11.2 Å².